The lowest BCUT2D eigenvalue weighted by Gasteiger charge is -2.10. The highest BCUT2D eigenvalue weighted by atomic mass is 35.5. The summed E-state index contributed by atoms with van der Waals surface area (Å²) in [6, 6.07) is 11.2. The van der Waals surface area contributed by atoms with Crippen molar-refractivity contribution in [2.24, 2.45) is 5.14 Å². The molecule has 2 heterocycles. The van der Waals surface area contributed by atoms with Gasteiger partial charge in [-0.05, 0) is 48.9 Å². The van der Waals surface area contributed by atoms with Crippen LogP contribution < -0.4 is 10.5 Å². The lowest BCUT2D eigenvalue weighted by Crippen LogP contribution is -2.12. The van der Waals surface area contributed by atoms with Crippen LogP contribution in [0.15, 0.2) is 59.8 Å². The Morgan fingerprint density at radius 3 is 2.60 bits per heavy atom. The number of phenolic OH excluding ortho intramolecular Hbond substituents is 1. The Bertz CT molecular complexity index is 1350. The average Bonchev–Trinajstić information content (AvgIpc) is 3.03. The number of hydrogen-bond acceptors (Lipinski definition) is 6. The van der Waals surface area contributed by atoms with Crippen molar-refractivity contribution < 1.29 is 13.5 Å². The largest absolute Gasteiger partial charge is 0.508 e. The summed E-state index contributed by atoms with van der Waals surface area (Å²) < 4.78 is 24.8. The number of aryl methyl sites for hydroxylation is 1. The number of phenols is 1. The smallest absolute Gasteiger partial charge is 0.238 e. The molecule has 4 aromatic rings. The number of nitrogens with zero attached hydrogens (tertiary/aromatic N) is 3. The first-order valence-electron chi connectivity index (χ1n) is 8.92. The number of nitrogens with one attached hydrogen (secondary N) is 1. The summed E-state index contributed by atoms with van der Waals surface area (Å²) in [4.78, 5) is 8.97. The highest BCUT2D eigenvalue weighted by Gasteiger charge is 2.15. The maximum absolute atomic E-state index is 11.5. The van der Waals surface area contributed by atoms with Crippen LogP contribution in [-0.4, -0.2) is 27.9 Å². The zero-order valence-corrected chi connectivity index (χ0v) is 17.4. The predicted octanol–water partition coefficient (Wildman–Crippen LogP) is 3.32. The van der Waals surface area contributed by atoms with E-state index in [4.69, 9.17) is 16.7 Å². The van der Waals surface area contributed by atoms with Gasteiger partial charge in [-0.2, -0.15) is 0 Å². The van der Waals surface area contributed by atoms with Gasteiger partial charge in [-0.3, -0.25) is 4.40 Å². The molecule has 0 unspecified atom stereocenters. The number of benzene rings is 2. The third-order valence-electron chi connectivity index (χ3n) is 4.66. The van der Waals surface area contributed by atoms with Crippen LogP contribution >= 0.6 is 11.6 Å². The quantitative estimate of drug-likeness (QED) is 0.434. The number of imidazole rings is 1. The predicted molar refractivity (Wildman–Crippen MR) is 115 cm³/mol. The van der Waals surface area contributed by atoms with Crippen molar-refractivity contribution in [3.05, 3.63) is 71.1 Å². The molecule has 0 aliphatic carbocycles. The van der Waals surface area contributed by atoms with Crippen LogP contribution in [0, 0.1) is 6.92 Å². The zero-order valence-electron chi connectivity index (χ0n) is 15.9. The van der Waals surface area contributed by atoms with Crippen molar-refractivity contribution >= 4 is 33.1 Å². The Labute approximate surface area is 178 Å². The van der Waals surface area contributed by atoms with Crippen LogP contribution in [0.2, 0.25) is 5.02 Å². The van der Waals surface area contributed by atoms with Gasteiger partial charge < -0.3 is 10.4 Å². The van der Waals surface area contributed by atoms with E-state index in [0.717, 1.165) is 17.0 Å². The van der Waals surface area contributed by atoms with E-state index in [9.17, 15) is 13.5 Å². The molecule has 0 amide bonds. The second-order valence-corrected chi connectivity index (χ2v) is 8.68. The van der Waals surface area contributed by atoms with E-state index in [1.165, 1.54) is 12.1 Å². The van der Waals surface area contributed by atoms with Gasteiger partial charge in [-0.25, -0.2) is 23.5 Å². The summed E-state index contributed by atoms with van der Waals surface area (Å²) in [6.45, 7) is 2.22. The van der Waals surface area contributed by atoms with Crippen molar-refractivity contribution in [3.8, 4) is 17.0 Å². The van der Waals surface area contributed by atoms with Crippen molar-refractivity contribution in [3.63, 3.8) is 0 Å². The number of aromatic hydroxyl groups is 1. The first-order chi connectivity index (χ1) is 14.2. The highest BCUT2D eigenvalue weighted by molar-refractivity contribution is 7.89. The van der Waals surface area contributed by atoms with Gasteiger partial charge in [0.05, 0.1) is 16.3 Å². The van der Waals surface area contributed by atoms with Crippen molar-refractivity contribution in [1.82, 2.24) is 14.4 Å². The number of nitrogens with two attached hydrogens (primary N) is 1. The van der Waals surface area contributed by atoms with E-state index >= 15 is 0 Å². The zero-order chi connectivity index (χ0) is 21.5. The number of sulfonamides is 1. The molecule has 0 bridgehead atoms. The maximum atomic E-state index is 11.5. The Morgan fingerprint density at radius 2 is 1.93 bits per heavy atom. The fourth-order valence-corrected chi connectivity index (χ4v) is 4.06. The number of hydrogen-bond donors (Lipinski definition) is 3. The molecule has 0 saturated carbocycles. The van der Waals surface area contributed by atoms with E-state index in [1.807, 2.05) is 29.7 Å². The first-order valence-corrected chi connectivity index (χ1v) is 10.8. The third kappa shape index (κ3) is 3.82. The number of rotatable bonds is 5. The summed E-state index contributed by atoms with van der Waals surface area (Å²) in [7, 11) is -3.82. The molecule has 4 rings (SSSR count). The molecule has 0 fully saturated rings. The van der Waals surface area contributed by atoms with Crippen LogP contribution in [0.4, 0.5) is 5.82 Å². The minimum absolute atomic E-state index is 0.0427. The van der Waals surface area contributed by atoms with Crippen LogP contribution in [0.5, 0.6) is 5.75 Å². The van der Waals surface area contributed by atoms with Crippen molar-refractivity contribution in [2.45, 2.75) is 18.4 Å². The standard InChI is InChI=1S/C20H18ClN5O3S/c1-12-18(13-2-5-15(27)6-3-13)26-9-8-23-19(20(26)25-12)24-11-14-4-7-16(10-17(14)21)30(22,28)29/h2-10,27H,11H2,1H3,(H,23,24)(H2,22,28,29). The number of primary sulfonamides is 1. The number of halogens is 1. The van der Waals surface area contributed by atoms with Crippen LogP contribution in [0.25, 0.3) is 16.9 Å². The summed E-state index contributed by atoms with van der Waals surface area (Å²) in [5, 5.41) is 18.2. The van der Waals surface area contributed by atoms with Gasteiger partial charge in [0, 0.05) is 29.5 Å². The van der Waals surface area contributed by atoms with E-state index in [-0.39, 0.29) is 15.7 Å². The van der Waals surface area contributed by atoms with E-state index in [0.29, 0.717) is 23.6 Å². The minimum Gasteiger partial charge on any atom is -0.508 e. The summed E-state index contributed by atoms with van der Waals surface area (Å²) in [5.74, 6) is 0.747. The number of aromatic nitrogens is 3. The van der Waals surface area contributed by atoms with E-state index < -0.39 is 10.0 Å². The number of anilines is 1. The fourth-order valence-electron chi connectivity index (χ4n) is 3.21. The minimum atomic E-state index is -3.82. The van der Waals surface area contributed by atoms with E-state index in [1.54, 1.807) is 24.4 Å². The lowest BCUT2D eigenvalue weighted by atomic mass is 10.1. The lowest BCUT2D eigenvalue weighted by molar-refractivity contribution is 0.475. The molecular weight excluding hydrogens is 426 g/mol. The highest BCUT2D eigenvalue weighted by Crippen LogP contribution is 2.29. The van der Waals surface area contributed by atoms with Crippen LogP contribution in [-0.2, 0) is 16.6 Å². The molecule has 0 aliphatic rings. The molecule has 0 spiro atoms. The fraction of sp³-hybridized carbons (Fsp3) is 0.100. The Balaban J connectivity index is 1.66. The molecule has 0 atom stereocenters. The van der Waals surface area contributed by atoms with Crippen molar-refractivity contribution in [1.29, 1.82) is 0 Å². The van der Waals surface area contributed by atoms with Gasteiger partial charge in [0.2, 0.25) is 10.0 Å². The molecule has 30 heavy (non-hydrogen) atoms. The summed E-state index contributed by atoms with van der Waals surface area (Å²) >= 11 is 6.22. The molecule has 0 aliphatic heterocycles. The molecule has 4 N–H and O–H groups in total. The van der Waals surface area contributed by atoms with Gasteiger partial charge in [0.25, 0.3) is 0 Å². The van der Waals surface area contributed by atoms with Gasteiger partial charge in [0.1, 0.15) is 5.75 Å². The van der Waals surface area contributed by atoms with Gasteiger partial charge in [-0.1, -0.05) is 17.7 Å². The molecule has 0 radical (unpaired) electrons. The van der Waals surface area contributed by atoms with Crippen LogP contribution in [0.3, 0.4) is 0 Å². The van der Waals surface area contributed by atoms with Gasteiger partial charge in [0.15, 0.2) is 11.5 Å². The van der Waals surface area contributed by atoms with Crippen LogP contribution in [0.1, 0.15) is 11.3 Å². The summed E-state index contributed by atoms with van der Waals surface area (Å²) in [5.41, 5.74) is 3.94. The molecule has 154 valence electrons. The normalized spacial score (nSPS) is 11.7. The first kappa shape index (κ1) is 20.1. The van der Waals surface area contributed by atoms with Gasteiger partial charge in [-0.15, -0.1) is 0 Å². The molecule has 8 nitrogen and oxygen atoms in total. The molecule has 0 saturated heterocycles. The Morgan fingerprint density at radius 1 is 1.20 bits per heavy atom. The second kappa shape index (κ2) is 7.60. The Hall–Kier alpha value is -3.14. The second-order valence-electron chi connectivity index (χ2n) is 6.71. The SMILES string of the molecule is Cc1nc2c(NCc3ccc(S(N)(=O)=O)cc3Cl)nccn2c1-c1ccc(O)cc1. The molecule has 10 heteroatoms. The monoisotopic (exact) mass is 443 g/mol. The Kier molecular flexibility index (Phi) is 5.10. The van der Waals surface area contributed by atoms with Gasteiger partial charge >= 0.3 is 0 Å². The van der Waals surface area contributed by atoms with Crippen molar-refractivity contribution in [2.75, 3.05) is 5.32 Å². The third-order valence-corrected chi connectivity index (χ3v) is 5.92. The molecular formula is C20H18ClN5O3S. The average molecular weight is 444 g/mol. The number of fused-ring (bicyclic) bond motifs is 1. The summed E-state index contributed by atoms with van der Waals surface area (Å²) in [6.07, 6.45) is 3.47. The topological polar surface area (TPSA) is 123 Å². The maximum Gasteiger partial charge on any atom is 0.238 e. The molecule has 2 aromatic carbocycles. The molecule has 2 aromatic heterocycles. The van der Waals surface area contributed by atoms with E-state index in [2.05, 4.69) is 15.3 Å².